The molecule has 1 aliphatic carbocycles. The van der Waals surface area contributed by atoms with Gasteiger partial charge in [0.2, 0.25) is 0 Å². The summed E-state index contributed by atoms with van der Waals surface area (Å²) in [5.74, 6) is -3.01. The van der Waals surface area contributed by atoms with E-state index in [-0.39, 0.29) is 18.1 Å². The van der Waals surface area contributed by atoms with Crippen molar-refractivity contribution in [2.75, 3.05) is 26.2 Å². The summed E-state index contributed by atoms with van der Waals surface area (Å²) in [5.41, 5.74) is 0.171. The summed E-state index contributed by atoms with van der Waals surface area (Å²) in [6.07, 6.45) is 2.47. The molecule has 1 heterocycles. The van der Waals surface area contributed by atoms with Crippen molar-refractivity contribution in [3.63, 3.8) is 0 Å². The number of hydrogen-bond acceptors (Lipinski definition) is 2. The van der Waals surface area contributed by atoms with Crippen LogP contribution in [0.25, 0.3) is 0 Å². The zero-order valence-corrected chi connectivity index (χ0v) is 13.0. The standard InChI is InChI=1S/C13H23F2NO.C2H6/c1-10(2)17-9-12(4-5-12)7-16-6-11(3)13(14,15)8-16;1-2/h10-11H,4-9H2,1-3H3;1-2H3. The van der Waals surface area contributed by atoms with Crippen LogP contribution >= 0.6 is 0 Å². The van der Waals surface area contributed by atoms with Crippen LogP contribution in [0.3, 0.4) is 0 Å². The normalized spacial score (nSPS) is 28.1. The van der Waals surface area contributed by atoms with Crippen molar-refractivity contribution >= 4 is 0 Å². The highest BCUT2D eigenvalue weighted by Gasteiger charge is 2.50. The molecular formula is C15H29F2NO. The lowest BCUT2D eigenvalue weighted by Gasteiger charge is -2.23. The fourth-order valence-electron chi connectivity index (χ4n) is 2.50. The molecule has 1 aliphatic heterocycles. The molecule has 1 saturated carbocycles. The smallest absolute Gasteiger partial charge is 0.264 e. The predicted molar refractivity (Wildman–Crippen MR) is 74.7 cm³/mol. The third kappa shape index (κ3) is 4.67. The molecule has 4 heteroatoms. The maximum atomic E-state index is 13.4. The Kier molecular flexibility index (Phi) is 5.75. The number of rotatable bonds is 5. The summed E-state index contributed by atoms with van der Waals surface area (Å²) in [6.45, 7) is 11.6. The molecule has 2 aliphatic rings. The molecule has 1 saturated heterocycles. The number of hydrogen-bond donors (Lipinski definition) is 0. The average molecular weight is 277 g/mol. The van der Waals surface area contributed by atoms with E-state index in [9.17, 15) is 8.78 Å². The quantitative estimate of drug-likeness (QED) is 0.758. The molecule has 0 spiro atoms. The molecule has 2 nitrogen and oxygen atoms in total. The Labute approximate surface area is 116 Å². The van der Waals surface area contributed by atoms with Crippen molar-refractivity contribution in [1.82, 2.24) is 4.90 Å². The average Bonchev–Trinajstić information content (AvgIpc) is 3.03. The molecule has 0 aromatic carbocycles. The molecule has 19 heavy (non-hydrogen) atoms. The van der Waals surface area contributed by atoms with Gasteiger partial charge in [0, 0.05) is 24.4 Å². The van der Waals surface area contributed by atoms with E-state index in [2.05, 4.69) is 0 Å². The van der Waals surface area contributed by atoms with E-state index in [0.717, 1.165) is 26.0 Å². The van der Waals surface area contributed by atoms with E-state index in [0.29, 0.717) is 6.54 Å². The van der Waals surface area contributed by atoms with Crippen LogP contribution in [-0.2, 0) is 4.74 Å². The second-order valence-electron chi connectivity index (χ2n) is 6.19. The first-order chi connectivity index (χ1) is 8.83. The number of alkyl halides is 2. The van der Waals surface area contributed by atoms with Crippen LogP contribution < -0.4 is 0 Å². The summed E-state index contributed by atoms with van der Waals surface area (Å²) in [7, 11) is 0. The van der Waals surface area contributed by atoms with E-state index >= 15 is 0 Å². The minimum Gasteiger partial charge on any atom is -0.378 e. The molecule has 0 bridgehead atoms. The van der Waals surface area contributed by atoms with E-state index in [1.54, 1.807) is 6.92 Å². The van der Waals surface area contributed by atoms with Crippen LogP contribution in [0.5, 0.6) is 0 Å². The summed E-state index contributed by atoms with van der Waals surface area (Å²) in [5, 5.41) is 0. The van der Waals surface area contributed by atoms with Crippen molar-refractivity contribution in [2.24, 2.45) is 11.3 Å². The van der Waals surface area contributed by atoms with Gasteiger partial charge in [0.05, 0.1) is 19.3 Å². The van der Waals surface area contributed by atoms with Crippen LogP contribution in [0.15, 0.2) is 0 Å². The van der Waals surface area contributed by atoms with E-state index < -0.39 is 11.8 Å². The first-order valence-corrected chi connectivity index (χ1v) is 7.55. The van der Waals surface area contributed by atoms with E-state index in [4.69, 9.17) is 4.74 Å². The van der Waals surface area contributed by atoms with Gasteiger partial charge < -0.3 is 4.74 Å². The van der Waals surface area contributed by atoms with Crippen molar-refractivity contribution in [2.45, 2.75) is 59.5 Å². The zero-order valence-electron chi connectivity index (χ0n) is 13.0. The van der Waals surface area contributed by atoms with Gasteiger partial charge in [-0.1, -0.05) is 20.8 Å². The summed E-state index contributed by atoms with van der Waals surface area (Å²) < 4.78 is 32.5. The Morgan fingerprint density at radius 3 is 2.21 bits per heavy atom. The summed E-state index contributed by atoms with van der Waals surface area (Å²) in [4.78, 5) is 1.92. The van der Waals surface area contributed by atoms with Gasteiger partial charge in [0.15, 0.2) is 0 Å². The van der Waals surface area contributed by atoms with Crippen molar-refractivity contribution in [3.8, 4) is 0 Å². The van der Waals surface area contributed by atoms with Crippen molar-refractivity contribution in [1.29, 1.82) is 0 Å². The van der Waals surface area contributed by atoms with Crippen LogP contribution in [-0.4, -0.2) is 43.2 Å². The van der Waals surface area contributed by atoms with Crippen LogP contribution in [0.4, 0.5) is 8.78 Å². The number of likely N-dealkylation sites (tertiary alicyclic amines) is 1. The lowest BCUT2D eigenvalue weighted by Crippen LogP contribution is -2.33. The molecule has 1 unspecified atom stereocenters. The van der Waals surface area contributed by atoms with Gasteiger partial charge in [-0.05, 0) is 26.7 Å². The topological polar surface area (TPSA) is 12.5 Å². The Hall–Kier alpha value is -0.220. The van der Waals surface area contributed by atoms with E-state index in [1.165, 1.54) is 0 Å². The minimum atomic E-state index is -2.50. The molecule has 114 valence electrons. The first kappa shape index (κ1) is 16.8. The SMILES string of the molecule is CC.CC(C)OCC1(CN2CC(C)C(F)(F)C2)CC1. The maximum absolute atomic E-state index is 13.4. The Bertz CT molecular complexity index is 277. The summed E-state index contributed by atoms with van der Waals surface area (Å²) in [6, 6.07) is 0. The third-order valence-corrected chi connectivity index (χ3v) is 3.93. The Balaban J connectivity index is 0.000000861. The van der Waals surface area contributed by atoms with Gasteiger partial charge >= 0.3 is 0 Å². The fraction of sp³-hybridized carbons (Fsp3) is 1.00. The number of nitrogens with zero attached hydrogens (tertiary/aromatic N) is 1. The molecule has 0 radical (unpaired) electrons. The van der Waals surface area contributed by atoms with Gasteiger partial charge in [-0.25, -0.2) is 8.78 Å². The molecule has 0 amide bonds. The monoisotopic (exact) mass is 277 g/mol. The van der Waals surface area contributed by atoms with Crippen LogP contribution in [0, 0.1) is 11.3 Å². The van der Waals surface area contributed by atoms with Gasteiger partial charge in [0.1, 0.15) is 0 Å². The molecule has 0 aromatic heterocycles. The Morgan fingerprint density at radius 1 is 1.26 bits per heavy atom. The number of ether oxygens (including phenoxy) is 1. The minimum absolute atomic E-state index is 0.0718. The molecule has 1 atom stereocenters. The van der Waals surface area contributed by atoms with Gasteiger partial charge in [-0.15, -0.1) is 0 Å². The molecule has 0 N–H and O–H groups in total. The lowest BCUT2D eigenvalue weighted by atomic mass is 10.1. The highest BCUT2D eigenvalue weighted by molar-refractivity contribution is 4.99. The fourth-order valence-corrected chi connectivity index (χ4v) is 2.50. The first-order valence-electron chi connectivity index (χ1n) is 7.55. The second kappa shape index (κ2) is 6.49. The van der Waals surface area contributed by atoms with Crippen molar-refractivity contribution in [3.05, 3.63) is 0 Å². The van der Waals surface area contributed by atoms with Gasteiger partial charge in [-0.2, -0.15) is 0 Å². The maximum Gasteiger partial charge on any atom is 0.264 e. The largest absolute Gasteiger partial charge is 0.378 e. The second-order valence-corrected chi connectivity index (χ2v) is 6.19. The molecule has 2 rings (SSSR count). The van der Waals surface area contributed by atoms with E-state index in [1.807, 2.05) is 32.6 Å². The predicted octanol–water partition coefficient (Wildman–Crippen LogP) is 3.80. The number of halogens is 2. The molecule has 0 aromatic rings. The van der Waals surface area contributed by atoms with Crippen LogP contribution in [0.2, 0.25) is 0 Å². The van der Waals surface area contributed by atoms with Crippen molar-refractivity contribution < 1.29 is 13.5 Å². The highest BCUT2D eigenvalue weighted by Crippen LogP contribution is 2.48. The van der Waals surface area contributed by atoms with Gasteiger partial charge in [0.25, 0.3) is 5.92 Å². The highest BCUT2D eigenvalue weighted by atomic mass is 19.3. The third-order valence-electron chi connectivity index (χ3n) is 3.93. The lowest BCUT2D eigenvalue weighted by molar-refractivity contribution is -0.0238. The Morgan fingerprint density at radius 2 is 1.84 bits per heavy atom. The van der Waals surface area contributed by atoms with Crippen LogP contribution in [0.1, 0.15) is 47.5 Å². The summed E-state index contributed by atoms with van der Waals surface area (Å²) >= 11 is 0. The van der Waals surface area contributed by atoms with Gasteiger partial charge in [-0.3, -0.25) is 4.90 Å². The molecular weight excluding hydrogens is 248 g/mol. The zero-order chi connectivity index (χ0) is 14.7. The molecule has 2 fully saturated rings.